The molecule has 0 aromatic heterocycles. The lowest BCUT2D eigenvalue weighted by molar-refractivity contribution is -0.112. The minimum atomic E-state index is -0.422. The number of aliphatic imine (C=N–C) groups is 3. The number of allylic oxidation sites excluding steroid dienone is 1. The van der Waals surface area contributed by atoms with E-state index >= 15 is 0 Å². The standard InChI is InChI=1S/C26H35N7O/c1-4-22-29-24(33-16-14-32(3)15-17-33)11-10-19(2)25(30-22)31-23-18-20(12-13-27-23)26(34)28-21-8-6-5-7-9-21/h4-9,13,18-19,23H,10-12,14-17H2,1-3H3,(H,28,34)(H,30,31)/b22-4+,29-24?. The fourth-order valence-corrected chi connectivity index (χ4v) is 4.21. The number of hydrogen-bond donors (Lipinski definition) is 2. The van der Waals surface area contributed by atoms with Gasteiger partial charge in [-0.25, -0.2) is 9.98 Å². The molecule has 0 saturated carbocycles. The van der Waals surface area contributed by atoms with Crippen LogP contribution in [0, 0.1) is 5.92 Å². The number of hydrogen-bond acceptors (Lipinski definition) is 6. The van der Waals surface area contributed by atoms with Crippen molar-refractivity contribution in [2.75, 3.05) is 38.5 Å². The first kappa shape index (κ1) is 23.9. The first-order valence-electron chi connectivity index (χ1n) is 12.1. The normalized spacial score (nSPS) is 26.4. The zero-order valence-electron chi connectivity index (χ0n) is 20.4. The topological polar surface area (TPSA) is 84.7 Å². The number of dihydropyridines is 1. The van der Waals surface area contributed by atoms with Crippen LogP contribution in [0.5, 0.6) is 0 Å². The van der Waals surface area contributed by atoms with E-state index in [1.807, 2.05) is 49.4 Å². The van der Waals surface area contributed by atoms with Crippen LogP contribution in [0.3, 0.4) is 0 Å². The van der Waals surface area contributed by atoms with Gasteiger partial charge in [0.2, 0.25) is 0 Å². The van der Waals surface area contributed by atoms with Gasteiger partial charge in [0.05, 0.1) is 0 Å². The van der Waals surface area contributed by atoms with E-state index in [0.29, 0.717) is 12.0 Å². The molecule has 1 amide bonds. The maximum absolute atomic E-state index is 12.7. The monoisotopic (exact) mass is 461 g/mol. The molecule has 1 aromatic carbocycles. The number of anilines is 1. The highest BCUT2D eigenvalue weighted by Crippen LogP contribution is 2.19. The fraction of sp³-hybridized carbons (Fsp3) is 0.462. The smallest absolute Gasteiger partial charge is 0.251 e. The molecule has 0 aliphatic carbocycles. The van der Waals surface area contributed by atoms with Crippen molar-refractivity contribution in [3.63, 3.8) is 0 Å². The van der Waals surface area contributed by atoms with Gasteiger partial charge in [0.1, 0.15) is 17.5 Å². The molecule has 0 spiro atoms. The number of amidine groups is 2. The second-order valence-corrected chi connectivity index (χ2v) is 9.03. The number of para-hydroxylation sites is 1. The molecule has 2 unspecified atom stereocenters. The molecule has 0 radical (unpaired) electrons. The largest absolute Gasteiger partial charge is 0.357 e. The van der Waals surface area contributed by atoms with Crippen molar-refractivity contribution in [1.82, 2.24) is 15.1 Å². The van der Waals surface area contributed by atoms with Crippen molar-refractivity contribution in [2.24, 2.45) is 20.9 Å². The van der Waals surface area contributed by atoms with Gasteiger partial charge >= 0.3 is 0 Å². The number of benzene rings is 1. The minimum Gasteiger partial charge on any atom is -0.357 e. The van der Waals surface area contributed by atoms with Crippen molar-refractivity contribution in [1.29, 1.82) is 0 Å². The predicted octanol–water partition coefficient (Wildman–Crippen LogP) is 3.28. The van der Waals surface area contributed by atoms with Crippen LogP contribution in [0.1, 0.15) is 33.1 Å². The molecule has 1 aromatic rings. The molecule has 2 atom stereocenters. The van der Waals surface area contributed by atoms with E-state index in [2.05, 4.69) is 39.4 Å². The number of piperazine rings is 1. The number of carbonyl (C=O) groups excluding carboxylic acids is 1. The third-order valence-electron chi connectivity index (χ3n) is 6.43. The van der Waals surface area contributed by atoms with Crippen LogP contribution in [-0.4, -0.2) is 73.0 Å². The molecule has 2 N–H and O–H groups in total. The second kappa shape index (κ2) is 11.2. The number of nitrogens with one attached hydrogen (secondary N) is 2. The van der Waals surface area contributed by atoms with E-state index in [0.717, 1.165) is 62.2 Å². The van der Waals surface area contributed by atoms with Gasteiger partial charge in [-0.3, -0.25) is 9.79 Å². The lowest BCUT2D eigenvalue weighted by Crippen LogP contribution is -2.48. The zero-order chi connectivity index (χ0) is 23.9. The van der Waals surface area contributed by atoms with Gasteiger partial charge in [-0.15, -0.1) is 0 Å². The van der Waals surface area contributed by atoms with Gasteiger partial charge in [-0.1, -0.05) is 25.1 Å². The quantitative estimate of drug-likeness (QED) is 0.724. The van der Waals surface area contributed by atoms with Crippen molar-refractivity contribution in [3.8, 4) is 0 Å². The lowest BCUT2D eigenvalue weighted by atomic mass is 10.0. The van der Waals surface area contributed by atoms with Crippen LogP contribution in [-0.2, 0) is 4.79 Å². The van der Waals surface area contributed by atoms with Crippen LogP contribution >= 0.6 is 0 Å². The molecule has 0 bridgehead atoms. The SMILES string of the molecule is C/C=C1\N=C(N2CCN(C)CC2)CCC(C)C(=NC2C=C(C(=O)Nc3ccccc3)CC=N2)N1. The molecule has 4 rings (SSSR count). The first-order chi connectivity index (χ1) is 16.5. The fourth-order valence-electron chi connectivity index (χ4n) is 4.21. The van der Waals surface area contributed by atoms with Gasteiger partial charge in [0.25, 0.3) is 5.91 Å². The Hall–Kier alpha value is -3.26. The molecule has 8 heteroatoms. The Morgan fingerprint density at radius 3 is 2.71 bits per heavy atom. The number of carbonyl (C=O) groups is 1. The summed E-state index contributed by atoms with van der Waals surface area (Å²) in [4.78, 5) is 31.9. The molecule has 3 aliphatic heterocycles. The number of amides is 1. The third kappa shape index (κ3) is 6.20. The van der Waals surface area contributed by atoms with E-state index in [4.69, 9.17) is 9.98 Å². The van der Waals surface area contributed by atoms with Crippen LogP contribution in [0.25, 0.3) is 0 Å². The highest BCUT2D eigenvalue weighted by molar-refractivity contribution is 6.06. The highest BCUT2D eigenvalue weighted by Gasteiger charge is 2.24. The highest BCUT2D eigenvalue weighted by atomic mass is 16.1. The maximum Gasteiger partial charge on any atom is 0.251 e. The van der Waals surface area contributed by atoms with Gasteiger partial charge in [-0.05, 0) is 44.7 Å². The first-order valence-corrected chi connectivity index (χ1v) is 12.1. The molecule has 8 nitrogen and oxygen atoms in total. The molecular weight excluding hydrogens is 426 g/mol. The van der Waals surface area contributed by atoms with Crippen LogP contribution in [0.15, 0.2) is 68.9 Å². The zero-order valence-corrected chi connectivity index (χ0v) is 20.4. The lowest BCUT2D eigenvalue weighted by Gasteiger charge is -2.36. The summed E-state index contributed by atoms with van der Waals surface area (Å²) in [6, 6.07) is 9.48. The Morgan fingerprint density at radius 1 is 1.21 bits per heavy atom. The maximum atomic E-state index is 12.7. The van der Waals surface area contributed by atoms with Crippen molar-refractivity contribution in [3.05, 3.63) is 53.9 Å². The van der Waals surface area contributed by atoms with E-state index in [-0.39, 0.29) is 11.8 Å². The average molecular weight is 462 g/mol. The molecule has 3 heterocycles. The Bertz CT molecular complexity index is 1020. The van der Waals surface area contributed by atoms with Gasteiger partial charge in [-0.2, -0.15) is 0 Å². The van der Waals surface area contributed by atoms with E-state index in [1.54, 1.807) is 6.21 Å². The minimum absolute atomic E-state index is 0.114. The van der Waals surface area contributed by atoms with Crippen molar-refractivity contribution >= 4 is 29.5 Å². The van der Waals surface area contributed by atoms with Gasteiger partial charge in [0.15, 0.2) is 6.17 Å². The summed E-state index contributed by atoms with van der Waals surface area (Å²) < 4.78 is 0. The number of nitrogens with zero attached hydrogens (tertiary/aromatic N) is 5. The van der Waals surface area contributed by atoms with Crippen LogP contribution in [0.2, 0.25) is 0 Å². The predicted molar refractivity (Wildman–Crippen MR) is 139 cm³/mol. The number of rotatable bonds is 3. The Balaban J connectivity index is 1.48. The summed E-state index contributed by atoms with van der Waals surface area (Å²) in [5.41, 5.74) is 1.45. The van der Waals surface area contributed by atoms with Crippen molar-refractivity contribution in [2.45, 2.75) is 39.3 Å². The average Bonchev–Trinajstić information content (AvgIpc) is 2.85. The van der Waals surface area contributed by atoms with E-state index < -0.39 is 6.17 Å². The van der Waals surface area contributed by atoms with Crippen LogP contribution in [0.4, 0.5) is 5.69 Å². The van der Waals surface area contributed by atoms with Crippen LogP contribution < -0.4 is 10.6 Å². The van der Waals surface area contributed by atoms with E-state index in [9.17, 15) is 4.79 Å². The van der Waals surface area contributed by atoms with Crippen molar-refractivity contribution < 1.29 is 4.79 Å². The molecule has 180 valence electrons. The summed E-state index contributed by atoms with van der Waals surface area (Å²) in [6.07, 6.45) is 7.57. The molecule has 34 heavy (non-hydrogen) atoms. The Kier molecular flexibility index (Phi) is 7.90. The van der Waals surface area contributed by atoms with Gasteiger partial charge < -0.3 is 20.4 Å². The van der Waals surface area contributed by atoms with Gasteiger partial charge in [0, 0.05) is 62.4 Å². The number of likely N-dealkylation sites (N-methyl/N-ethyl adjacent to an activating group) is 1. The molecule has 3 aliphatic rings. The summed E-state index contributed by atoms with van der Waals surface area (Å²) in [5, 5.41) is 6.40. The molecule has 1 saturated heterocycles. The second-order valence-electron chi connectivity index (χ2n) is 9.03. The Morgan fingerprint density at radius 2 is 1.97 bits per heavy atom. The third-order valence-corrected chi connectivity index (χ3v) is 6.43. The van der Waals surface area contributed by atoms with E-state index in [1.165, 1.54) is 0 Å². The summed E-state index contributed by atoms with van der Waals surface area (Å²) in [6.45, 7) is 8.32. The summed E-state index contributed by atoms with van der Waals surface area (Å²) >= 11 is 0. The summed E-state index contributed by atoms with van der Waals surface area (Å²) in [5.74, 6) is 2.93. The molecule has 1 fully saturated rings. The Labute approximate surface area is 202 Å². The summed E-state index contributed by atoms with van der Waals surface area (Å²) in [7, 11) is 2.17. The molecular formula is C26H35N7O.